The number of nitro groups is 1. The lowest BCUT2D eigenvalue weighted by atomic mass is 10.0. The fourth-order valence-corrected chi connectivity index (χ4v) is 5.93. The molecule has 1 fully saturated rings. The number of hydrogen-bond acceptors (Lipinski definition) is 9. The van der Waals surface area contributed by atoms with Crippen LogP contribution in [0.15, 0.2) is 70.2 Å². The minimum atomic E-state index is -3.98. The molecule has 1 aliphatic heterocycles. The normalized spacial score (nSPS) is 16.9. The summed E-state index contributed by atoms with van der Waals surface area (Å²) in [4.78, 5) is 53.6. The quantitative estimate of drug-likeness (QED) is 0.262. The summed E-state index contributed by atoms with van der Waals surface area (Å²) >= 11 is 0. The van der Waals surface area contributed by atoms with Crippen LogP contribution in [0.4, 0.5) is 5.69 Å². The number of carbonyl (C=O) groups is 3. The van der Waals surface area contributed by atoms with Gasteiger partial charge in [-0.1, -0.05) is 19.9 Å². The Balaban J connectivity index is 1.42. The van der Waals surface area contributed by atoms with Crippen molar-refractivity contribution in [2.24, 2.45) is 5.92 Å². The molecule has 0 unspecified atom stereocenters. The molecule has 0 spiro atoms. The van der Waals surface area contributed by atoms with Crippen molar-refractivity contribution in [2.75, 3.05) is 13.1 Å². The van der Waals surface area contributed by atoms with E-state index < -0.39 is 51.2 Å². The van der Waals surface area contributed by atoms with E-state index in [1.165, 1.54) is 42.6 Å². The van der Waals surface area contributed by atoms with Crippen molar-refractivity contribution in [2.45, 2.75) is 50.2 Å². The lowest BCUT2D eigenvalue weighted by Gasteiger charge is -2.23. The van der Waals surface area contributed by atoms with Gasteiger partial charge in [-0.15, -0.1) is 0 Å². The van der Waals surface area contributed by atoms with Gasteiger partial charge in [0.25, 0.3) is 21.6 Å². The monoisotopic (exact) mass is 597 g/mol. The number of carbonyl (C=O) groups excluding carboxylic acids is 3. The number of ketones is 1. The predicted octanol–water partition coefficient (Wildman–Crippen LogP) is 2.93. The number of amides is 2. The number of aromatic nitrogens is 1. The minimum absolute atomic E-state index is 0.0113. The Hall–Kier alpha value is -4.43. The molecule has 0 bridgehead atoms. The number of non-ortho nitro benzene ring substituents is 1. The lowest BCUT2D eigenvalue weighted by Crippen LogP contribution is -2.52. The zero-order chi connectivity index (χ0) is 30.4. The molecule has 1 aromatic carbocycles. The first-order valence-corrected chi connectivity index (χ1v) is 14.8. The number of pyridine rings is 1. The molecule has 42 heavy (non-hydrogen) atoms. The Bertz CT molecular complexity index is 1550. The van der Waals surface area contributed by atoms with Crippen LogP contribution in [-0.4, -0.2) is 65.4 Å². The summed E-state index contributed by atoms with van der Waals surface area (Å²) in [6, 6.07) is 11.2. The molecule has 1 aliphatic rings. The van der Waals surface area contributed by atoms with Crippen LogP contribution in [0.25, 0.3) is 11.3 Å². The Morgan fingerprint density at radius 2 is 1.88 bits per heavy atom. The molecule has 0 saturated carbocycles. The minimum Gasteiger partial charge on any atom is -0.451 e. The summed E-state index contributed by atoms with van der Waals surface area (Å²) in [6.45, 7) is 3.44. The number of sulfonamides is 1. The molecule has 2 aromatic heterocycles. The van der Waals surface area contributed by atoms with E-state index >= 15 is 0 Å². The maximum absolute atomic E-state index is 13.3. The van der Waals surface area contributed by atoms with Gasteiger partial charge in [-0.05, 0) is 61.6 Å². The van der Waals surface area contributed by atoms with Crippen LogP contribution in [0.1, 0.15) is 43.7 Å². The van der Waals surface area contributed by atoms with E-state index in [1.54, 1.807) is 18.2 Å². The molecule has 3 heterocycles. The van der Waals surface area contributed by atoms with Crippen LogP contribution >= 0.6 is 0 Å². The van der Waals surface area contributed by atoms with Crippen molar-refractivity contribution in [1.29, 1.82) is 0 Å². The first kappa shape index (κ1) is 30.5. The maximum atomic E-state index is 13.3. The Kier molecular flexibility index (Phi) is 9.48. The Morgan fingerprint density at radius 3 is 2.52 bits per heavy atom. The van der Waals surface area contributed by atoms with Gasteiger partial charge in [0.05, 0.1) is 17.5 Å². The fourth-order valence-electron chi connectivity index (χ4n) is 4.55. The third kappa shape index (κ3) is 7.25. The number of furan rings is 1. The average molecular weight is 598 g/mol. The van der Waals surface area contributed by atoms with Gasteiger partial charge in [0.2, 0.25) is 5.91 Å². The van der Waals surface area contributed by atoms with Crippen LogP contribution in [0.3, 0.4) is 0 Å². The van der Waals surface area contributed by atoms with Crippen molar-refractivity contribution in [3.8, 4) is 11.3 Å². The summed E-state index contributed by atoms with van der Waals surface area (Å²) in [6.07, 6.45) is 2.20. The second-order valence-corrected chi connectivity index (χ2v) is 12.2. The smallest absolute Gasteiger partial charge is 0.287 e. The maximum Gasteiger partial charge on any atom is 0.287 e. The number of nitrogens with one attached hydrogen (secondary N) is 2. The Labute approximate surface area is 242 Å². The summed E-state index contributed by atoms with van der Waals surface area (Å²) in [5.74, 6) is -1.42. The third-order valence-electron chi connectivity index (χ3n) is 6.70. The van der Waals surface area contributed by atoms with E-state index in [1.807, 2.05) is 13.8 Å². The molecule has 1 saturated heterocycles. The molecule has 14 heteroatoms. The first-order valence-electron chi connectivity index (χ1n) is 13.4. The van der Waals surface area contributed by atoms with Crippen LogP contribution in [0, 0.1) is 16.0 Å². The van der Waals surface area contributed by atoms with Gasteiger partial charge in [-0.25, -0.2) is 13.4 Å². The standard InChI is InChI=1S/C28H31N5O8S/c1-18(2)16-22(31-28(36)25-13-12-24(41-25)19-8-10-20(11-9-19)33(37)38)27(35)30-21-6-5-15-32(17-23(21)34)42(39,40)26-7-3-4-14-29-26/h3-4,7-14,18,21-22H,5-6,15-17H2,1-2H3,(H,30,35)(H,31,36)/t21-,22-/m1/s1. The zero-order valence-corrected chi connectivity index (χ0v) is 23.9. The average Bonchev–Trinajstić information content (AvgIpc) is 3.39. The van der Waals surface area contributed by atoms with Crippen LogP contribution in [-0.2, 0) is 19.6 Å². The molecule has 13 nitrogen and oxygen atoms in total. The third-order valence-corrected chi connectivity index (χ3v) is 8.46. The number of benzene rings is 1. The van der Waals surface area contributed by atoms with E-state index in [4.69, 9.17) is 4.42 Å². The van der Waals surface area contributed by atoms with Gasteiger partial charge in [0.15, 0.2) is 16.6 Å². The number of nitro benzene ring substituents is 1. The SMILES string of the molecule is CC(C)C[C@@H](NC(=O)c1ccc(-c2ccc([N+](=O)[O-])cc2)o1)C(=O)N[C@@H]1CCCN(S(=O)(=O)c2ccccn2)CC1=O. The van der Waals surface area contributed by atoms with Gasteiger partial charge in [-0.3, -0.25) is 24.5 Å². The molecule has 2 amide bonds. The highest BCUT2D eigenvalue weighted by Gasteiger charge is 2.35. The van der Waals surface area contributed by atoms with Crippen molar-refractivity contribution in [3.63, 3.8) is 0 Å². The molecule has 222 valence electrons. The summed E-state index contributed by atoms with van der Waals surface area (Å²) in [7, 11) is -3.98. The fraction of sp³-hybridized carbons (Fsp3) is 0.357. The highest BCUT2D eigenvalue weighted by atomic mass is 32.2. The number of hydrogen-bond donors (Lipinski definition) is 2. The molecule has 2 atom stereocenters. The second-order valence-electron chi connectivity index (χ2n) is 10.3. The van der Waals surface area contributed by atoms with E-state index in [9.17, 15) is 32.9 Å². The lowest BCUT2D eigenvalue weighted by molar-refractivity contribution is -0.384. The molecule has 0 aliphatic carbocycles. The highest BCUT2D eigenvalue weighted by Crippen LogP contribution is 2.25. The van der Waals surface area contributed by atoms with Gasteiger partial charge in [0.1, 0.15) is 11.8 Å². The van der Waals surface area contributed by atoms with E-state index in [-0.39, 0.29) is 41.8 Å². The van der Waals surface area contributed by atoms with Crippen molar-refractivity contribution < 1.29 is 32.1 Å². The molecular weight excluding hydrogens is 566 g/mol. The molecule has 3 aromatic rings. The van der Waals surface area contributed by atoms with Crippen LogP contribution in [0.2, 0.25) is 0 Å². The van der Waals surface area contributed by atoms with Gasteiger partial charge in [0, 0.05) is 30.4 Å². The first-order chi connectivity index (χ1) is 20.0. The van der Waals surface area contributed by atoms with Crippen molar-refractivity contribution in [3.05, 3.63) is 76.7 Å². The number of Topliss-reactive ketones (excluding diaryl/α,β-unsaturated/α-hetero) is 1. The molecule has 0 radical (unpaired) electrons. The van der Waals surface area contributed by atoms with E-state index in [0.29, 0.717) is 17.7 Å². The van der Waals surface area contributed by atoms with Gasteiger partial charge >= 0.3 is 0 Å². The largest absolute Gasteiger partial charge is 0.451 e. The molecule has 4 rings (SSSR count). The van der Waals surface area contributed by atoms with E-state index in [0.717, 1.165) is 4.31 Å². The second kappa shape index (κ2) is 13.0. The summed E-state index contributed by atoms with van der Waals surface area (Å²) in [5, 5.41) is 16.1. The number of nitrogens with zero attached hydrogens (tertiary/aromatic N) is 3. The molecule has 2 N–H and O–H groups in total. The van der Waals surface area contributed by atoms with Gasteiger partial charge in [-0.2, -0.15) is 4.31 Å². The van der Waals surface area contributed by atoms with Crippen molar-refractivity contribution >= 4 is 33.3 Å². The van der Waals surface area contributed by atoms with Crippen molar-refractivity contribution in [1.82, 2.24) is 19.9 Å². The van der Waals surface area contributed by atoms with Gasteiger partial charge < -0.3 is 15.1 Å². The number of rotatable bonds is 10. The zero-order valence-electron chi connectivity index (χ0n) is 23.1. The summed E-state index contributed by atoms with van der Waals surface area (Å²) in [5.41, 5.74) is 0.447. The topological polar surface area (TPSA) is 182 Å². The van der Waals surface area contributed by atoms with Crippen LogP contribution in [0.5, 0.6) is 0 Å². The van der Waals surface area contributed by atoms with E-state index in [2.05, 4.69) is 15.6 Å². The summed E-state index contributed by atoms with van der Waals surface area (Å²) < 4.78 is 32.7. The predicted molar refractivity (Wildman–Crippen MR) is 151 cm³/mol. The Morgan fingerprint density at radius 1 is 1.14 bits per heavy atom. The highest BCUT2D eigenvalue weighted by molar-refractivity contribution is 7.89. The molecular formula is C28H31N5O8S. The van der Waals surface area contributed by atoms with Crippen LogP contribution < -0.4 is 10.6 Å².